The largest absolute Gasteiger partial charge is 0.483 e. The van der Waals surface area contributed by atoms with Crippen LogP contribution in [0.3, 0.4) is 0 Å². The van der Waals surface area contributed by atoms with Crippen LogP contribution >= 0.6 is 11.3 Å². The predicted molar refractivity (Wildman–Crippen MR) is 121 cm³/mol. The maximum atomic E-state index is 12.6. The number of H-pyrrole nitrogens is 1. The molecule has 0 aliphatic carbocycles. The molecular formula is C23H28N4O3S. The van der Waals surface area contributed by atoms with Crippen molar-refractivity contribution >= 4 is 17.8 Å². The monoisotopic (exact) mass is 440 g/mol. The molecule has 164 valence electrons. The molecule has 31 heavy (non-hydrogen) atoms. The van der Waals surface area contributed by atoms with Gasteiger partial charge in [-0.3, -0.25) is 19.6 Å². The van der Waals surface area contributed by atoms with Gasteiger partial charge >= 0.3 is 0 Å². The number of hydrogen-bond donors (Lipinski definition) is 2. The highest BCUT2D eigenvalue weighted by molar-refractivity contribution is 7.15. The van der Waals surface area contributed by atoms with Gasteiger partial charge in [0.15, 0.2) is 0 Å². The van der Waals surface area contributed by atoms with Crippen LogP contribution in [0.2, 0.25) is 0 Å². The van der Waals surface area contributed by atoms with Gasteiger partial charge < -0.3 is 9.67 Å². The van der Waals surface area contributed by atoms with E-state index in [1.54, 1.807) is 12.3 Å². The van der Waals surface area contributed by atoms with Crippen LogP contribution < -0.4 is 5.56 Å². The van der Waals surface area contributed by atoms with E-state index in [4.69, 9.17) is 9.90 Å². The Labute approximate surface area is 185 Å². The number of aromatic nitrogens is 3. The van der Waals surface area contributed by atoms with Gasteiger partial charge in [0.05, 0.1) is 10.6 Å². The topological polar surface area (TPSA) is 91.2 Å². The van der Waals surface area contributed by atoms with Gasteiger partial charge in [0.2, 0.25) is 0 Å². The molecule has 1 saturated heterocycles. The van der Waals surface area contributed by atoms with Gasteiger partial charge in [0, 0.05) is 54.4 Å². The molecule has 0 spiro atoms. The first-order valence-corrected chi connectivity index (χ1v) is 11.6. The number of carboxylic acid groups (broad SMARTS) is 1. The fourth-order valence-electron chi connectivity index (χ4n) is 5.15. The molecule has 5 rings (SSSR count). The van der Waals surface area contributed by atoms with Gasteiger partial charge in [-0.05, 0) is 43.0 Å². The Morgan fingerprint density at radius 2 is 2.10 bits per heavy atom. The van der Waals surface area contributed by atoms with E-state index in [0.29, 0.717) is 17.9 Å². The number of likely N-dealkylation sites (tertiary alicyclic amines) is 1. The summed E-state index contributed by atoms with van der Waals surface area (Å²) in [6.07, 6.45) is 5.22. The number of aromatic amines is 1. The highest BCUT2D eigenvalue weighted by Gasteiger charge is 2.39. The highest BCUT2D eigenvalue weighted by Crippen LogP contribution is 2.43. The molecule has 0 aromatic carbocycles. The number of carbonyl (C=O) groups is 1. The summed E-state index contributed by atoms with van der Waals surface area (Å²) in [6, 6.07) is 12.6. The molecule has 0 saturated carbocycles. The van der Waals surface area contributed by atoms with Crippen molar-refractivity contribution in [3.05, 3.63) is 63.5 Å². The summed E-state index contributed by atoms with van der Waals surface area (Å²) in [6.45, 7) is 5.08. The average Bonchev–Trinajstić information content (AvgIpc) is 3.44. The zero-order chi connectivity index (χ0) is 21.8. The third kappa shape index (κ3) is 4.50. The lowest BCUT2D eigenvalue weighted by Crippen LogP contribution is -2.49. The number of thiophene rings is 1. The molecule has 2 bridgehead atoms. The number of pyridine rings is 1. The molecule has 0 amide bonds. The molecule has 5 heterocycles. The van der Waals surface area contributed by atoms with Crippen molar-refractivity contribution in [2.24, 2.45) is 5.92 Å². The van der Waals surface area contributed by atoms with Crippen molar-refractivity contribution in [2.75, 3.05) is 13.1 Å². The molecular weight excluding hydrogens is 412 g/mol. The van der Waals surface area contributed by atoms with Crippen molar-refractivity contribution in [1.29, 1.82) is 0 Å². The van der Waals surface area contributed by atoms with Gasteiger partial charge in [0.25, 0.3) is 12.0 Å². The molecule has 2 aliphatic rings. The molecule has 7 nitrogen and oxygen atoms in total. The summed E-state index contributed by atoms with van der Waals surface area (Å²) < 4.78 is 2.13. The Bertz CT molecular complexity index is 1060. The van der Waals surface area contributed by atoms with Crippen LogP contribution in [0.15, 0.2) is 47.4 Å². The molecule has 3 atom stereocenters. The Hall–Kier alpha value is -2.71. The lowest BCUT2D eigenvalue weighted by Gasteiger charge is -2.47. The van der Waals surface area contributed by atoms with Gasteiger partial charge in [-0.25, -0.2) is 0 Å². The summed E-state index contributed by atoms with van der Waals surface area (Å²) in [4.78, 5) is 26.2. The molecule has 3 aromatic heterocycles. The van der Waals surface area contributed by atoms with Crippen molar-refractivity contribution in [3.63, 3.8) is 0 Å². The van der Waals surface area contributed by atoms with Crippen LogP contribution in [-0.4, -0.2) is 44.3 Å². The van der Waals surface area contributed by atoms with E-state index in [-0.39, 0.29) is 12.0 Å². The fraction of sp³-hybridized carbons (Fsp3) is 0.435. The minimum atomic E-state index is -0.250. The Kier molecular flexibility index (Phi) is 6.67. The summed E-state index contributed by atoms with van der Waals surface area (Å²) >= 11 is 1.84. The van der Waals surface area contributed by atoms with Gasteiger partial charge in [-0.15, -0.1) is 11.3 Å². The first-order valence-electron chi connectivity index (χ1n) is 10.7. The van der Waals surface area contributed by atoms with E-state index >= 15 is 0 Å². The number of nitrogens with one attached hydrogen (secondary N) is 1. The van der Waals surface area contributed by atoms with Crippen molar-refractivity contribution in [2.45, 2.75) is 44.7 Å². The van der Waals surface area contributed by atoms with E-state index in [0.717, 1.165) is 38.2 Å². The minimum Gasteiger partial charge on any atom is -0.483 e. The van der Waals surface area contributed by atoms with Crippen LogP contribution in [0.4, 0.5) is 0 Å². The standard InChI is InChI=1S/C22H26N4OS.CH2O2/c1-2-4-19-15-11-16(20-5-3-6-22(27)26(19)20)13-25(12-15)14-17-7-8-21(28-17)18-9-10-23-24-18;2-1-3/h3,5-10,15-16,19H,2,4,11-14H2,1H3,(H,23,24);1H,(H,2,3)/t15-,16+,19-;/m0./s1. The maximum absolute atomic E-state index is 12.6. The number of hydrogen-bond acceptors (Lipinski definition) is 5. The van der Waals surface area contributed by atoms with Crippen molar-refractivity contribution < 1.29 is 9.90 Å². The van der Waals surface area contributed by atoms with Crippen LogP contribution in [0.5, 0.6) is 0 Å². The second kappa shape index (κ2) is 9.62. The van der Waals surface area contributed by atoms with E-state index in [1.165, 1.54) is 21.9 Å². The van der Waals surface area contributed by atoms with Crippen molar-refractivity contribution in [1.82, 2.24) is 19.7 Å². The van der Waals surface area contributed by atoms with Gasteiger partial charge in [0.1, 0.15) is 0 Å². The molecule has 2 N–H and O–H groups in total. The summed E-state index contributed by atoms with van der Waals surface area (Å²) in [7, 11) is 0. The lowest BCUT2D eigenvalue weighted by atomic mass is 9.77. The lowest BCUT2D eigenvalue weighted by molar-refractivity contribution is -0.122. The van der Waals surface area contributed by atoms with Crippen molar-refractivity contribution in [3.8, 4) is 10.6 Å². The van der Waals surface area contributed by atoms with E-state index in [1.807, 2.05) is 23.5 Å². The normalized spacial score (nSPS) is 22.3. The third-order valence-corrected chi connectivity index (χ3v) is 7.37. The molecule has 8 heteroatoms. The predicted octanol–water partition coefficient (Wildman–Crippen LogP) is 3.96. The zero-order valence-electron chi connectivity index (χ0n) is 17.6. The third-order valence-electron chi connectivity index (χ3n) is 6.27. The average molecular weight is 441 g/mol. The second-order valence-electron chi connectivity index (χ2n) is 8.24. The smallest absolute Gasteiger partial charge is 0.290 e. The van der Waals surface area contributed by atoms with Crippen LogP contribution in [0.25, 0.3) is 10.6 Å². The number of piperidine rings is 1. The maximum Gasteiger partial charge on any atom is 0.290 e. The number of nitrogens with zero attached hydrogens (tertiary/aromatic N) is 3. The summed E-state index contributed by atoms with van der Waals surface area (Å²) in [5, 5.41) is 14.0. The summed E-state index contributed by atoms with van der Waals surface area (Å²) in [5.74, 6) is 1.03. The molecule has 0 radical (unpaired) electrons. The number of fused-ring (bicyclic) bond motifs is 4. The minimum absolute atomic E-state index is 0.182. The Morgan fingerprint density at radius 1 is 1.26 bits per heavy atom. The number of rotatable bonds is 5. The van der Waals surface area contributed by atoms with E-state index in [2.05, 4.69) is 44.8 Å². The van der Waals surface area contributed by atoms with Crippen LogP contribution in [-0.2, 0) is 11.3 Å². The van der Waals surface area contributed by atoms with Gasteiger partial charge in [-0.2, -0.15) is 5.10 Å². The van der Waals surface area contributed by atoms with Crippen LogP contribution in [0.1, 0.15) is 48.7 Å². The first-order chi connectivity index (χ1) is 15.1. The van der Waals surface area contributed by atoms with Crippen LogP contribution in [0, 0.1) is 5.92 Å². The van der Waals surface area contributed by atoms with Gasteiger partial charge in [-0.1, -0.05) is 19.4 Å². The summed E-state index contributed by atoms with van der Waals surface area (Å²) in [5.41, 5.74) is 2.51. The Morgan fingerprint density at radius 3 is 2.84 bits per heavy atom. The second-order valence-corrected chi connectivity index (χ2v) is 9.41. The fourth-order valence-corrected chi connectivity index (χ4v) is 6.18. The molecule has 3 aromatic rings. The first kappa shape index (κ1) is 21.5. The zero-order valence-corrected chi connectivity index (χ0v) is 18.4. The Balaban J connectivity index is 0.000000730. The SMILES string of the molecule is CCC[C@H]1[C@H]2C[C@H](CN(Cc3ccc(-c4ccn[nH]4)s3)C2)c2cccc(=O)n21.O=CO. The molecule has 2 aliphatic heterocycles. The quantitative estimate of drug-likeness (QED) is 0.586. The van der Waals surface area contributed by atoms with E-state index in [9.17, 15) is 4.79 Å². The highest BCUT2D eigenvalue weighted by atomic mass is 32.1. The molecule has 0 unspecified atom stereocenters. The van der Waals surface area contributed by atoms with E-state index < -0.39 is 0 Å². The molecule has 1 fully saturated rings.